The summed E-state index contributed by atoms with van der Waals surface area (Å²) >= 11 is 0. The molecule has 148 valence electrons. The van der Waals surface area contributed by atoms with E-state index in [0.29, 0.717) is 24.3 Å². The Balaban J connectivity index is 1.58. The second-order valence-corrected chi connectivity index (χ2v) is 6.37. The molecule has 6 nitrogen and oxygen atoms in total. The average Bonchev–Trinajstić information content (AvgIpc) is 2.72. The molecule has 2 amide bonds. The van der Waals surface area contributed by atoms with Gasteiger partial charge < -0.3 is 15.4 Å². The topological polar surface area (TPSA) is 84.5 Å². The first-order valence-corrected chi connectivity index (χ1v) is 9.40. The lowest BCUT2D eigenvalue weighted by Crippen LogP contribution is -2.18. The molecule has 0 aliphatic carbocycles. The Morgan fingerprint density at radius 1 is 0.893 bits per heavy atom. The van der Waals surface area contributed by atoms with Gasteiger partial charge in [0, 0.05) is 31.1 Å². The SMILES string of the molecule is CNC(=O)c1ccc(NC(=O)CCCC(=O)OCCCc2ccccc2)cc1. The van der Waals surface area contributed by atoms with E-state index in [9.17, 15) is 14.4 Å². The van der Waals surface area contributed by atoms with Gasteiger partial charge in [-0.25, -0.2) is 0 Å². The van der Waals surface area contributed by atoms with Crippen LogP contribution in [0.3, 0.4) is 0 Å². The van der Waals surface area contributed by atoms with E-state index in [-0.39, 0.29) is 30.6 Å². The Morgan fingerprint density at radius 2 is 1.61 bits per heavy atom. The van der Waals surface area contributed by atoms with Crippen LogP contribution in [0.4, 0.5) is 5.69 Å². The van der Waals surface area contributed by atoms with E-state index in [0.717, 1.165) is 12.8 Å². The molecule has 2 aromatic rings. The highest BCUT2D eigenvalue weighted by atomic mass is 16.5. The predicted molar refractivity (Wildman–Crippen MR) is 108 cm³/mol. The Kier molecular flexibility index (Phi) is 8.72. The van der Waals surface area contributed by atoms with Crippen LogP contribution in [0.25, 0.3) is 0 Å². The van der Waals surface area contributed by atoms with Gasteiger partial charge in [-0.3, -0.25) is 14.4 Å². The third-order valence-corrected chi connectivity index (χ3v) is 4.16. The third kappa shape index (κ3) is 7.61. The summed E-state index contributed by atoms with van der Waals surface area (Å²) in [5, 5.41) is 5.28. The Hall–Kier alpha value is -3.15. The fourth-order valence-electron chi connectivity index (χ4n) is 2.65. The van der Waals surface area contributed by atoms with Crippen LogP contribution in [0.2, 0.25) is 0 Å². The van der Waals surface area contributed by atoms with Gasteiger partial charge in [-0.05, 0) is 49.1 Å². The number of hydrogen-bond donors (Lipinski definition) is 2. The molecule has 0 spiro atoms. The molecule has 0 fully saturated rings. The van der Waals surface area contributed by atoms with E-state index in [2.05, 4.69) is 10.6 Å². The van der Waals surface area contributed by atoms with Crippen LogP contribution >= 0.6 is 0 Å². The lowest BCUT2D eigenvalue weighted by Gasteiger charge is -2.07. The zero-order valence-corrected chi connectivity index (χ0v) is 16.1. The second-order valence-electron chi connectivity index (χ2n) is 6.37. The number of benzene rings is 2. The van der Waals surface area contributed by atoms with Gasteiger partial charge in [0.1, 0.15) is 0 Å². The van der Waals surface area contributed by atoms with Crippen molar-refractivity contribution in [2.45, 2.75) is 32.1 Å². The summed E-state index contributed by atoms with van der Waals surface area (Å²) < 4.78 is 5.20. The fourth-order valence-corrected chi connectivity index (χ4v) is 2.65. The molecule has 6 heteroatoms. The molecular weight excluding hydrogens is 356 g/mol. The van der Waals surface area contributed by atoms with E-state index >= 15 is 0 Å². The minimum absolute atomic E-state index is 0.176. The molecule has 0 heterocycles. The summed E-state index contributed by atoms with van der Waals surface area (Å²) in [7, 11) is 1.56. The molecule has 0 aliphatic heterocycles. The highest BCUT2D eigenvalue weighted by Crippen LogP contribution is 2.11. The van der Waals surface area contributed by atoms with Gasteiger partial charge in [0.15, 0.2) is 0 Å². The molecule has 0 saturated carbocycles. The first-order chi connectivity index (χ1) is 13.6. The minimum atomic E-state index is -0.282. The fraction of sp³-hybridized carbons (Fsp3) is 0.318. The van der Waals surface area contributed by atoms with Crippen molar-refractivity contribution in [3.05, 3.63) is 65.7 Å². The number of nitrogens with one attached hydrogen (secondary N) is 2. The minimum Gasteiger partial charge on any atom is -0.466 e. The van der Waals surface area contributed by atoms with Crippen LogP contribution in [0, 0.1) is 0 Å². The Morgan fingerprint density at radius 3 is 2.29 bits per heavy atom. The average molecular weight is 382 g/mol. The molecular formula is C22H26N2O4. The zero-order chi connectivity index (χ0) is 20.2. The number of carbonyl (C=O) groups is 3. The molecule has 0 radical (unpaired) electrons. The van der Waals surface area contributed by atoms with E-state index < -0.39 is 0 Å². The maximum Gasteiger partial charge on any atom is 0.305 e. The predicted octanol–water partition coefficient (Wildman–Crippen LogP) is 3.33. The van der Waals surface area contributed by atoms with Gasteiger partial charge in [0.2, 0.25) is 5.91 Å². The summed E-state index contributed by atoms with van der Waals surface area (Å²) in [4.78, 5) is 35.2. The number of rotatable bonds is 10. The van der Waals surface area contributed by atoms with Crippen LogP contribution in [0.15, 0.2) is 54.6 Å². The number of amides is 2. The maximum atomic E-state index is 11.9. The first-order valence-electron chi connectivity index (χ1n) is 9.40. The highest BCUT2D eigenvalue weighted by Gasteiger charge is 2.08. The van der Waals surface area contributed by atoms with Crippen LogP contribution in [-0.4, -0.2) is 31.4 Å². The molecule has 0 saturated heterocycles. The third-order valence-electron chi connectivity index (χ3n) is 4.16. The molecule has 2 N–H and O–H groups in total. The lowest BCUT2D eigenvalue weighted by atomic mass is 10.1. The van der Waals surface area contributed by atoms with Crippen LogP contribution in [0.5, 0.6) is 0 Å². The van der Waals surface area contributed by atoms with Gasteiger partial charge >= 0.3 is 5.97 Å². The second kappa shape index (κ2) is 11.5. The van der Waals surface area contributed by atoms with Crippen molar-refractivity contribution in [1.82, 2.24) is 5.32 Å². The number of hydrogen-bond acceptors (Lipinski definition) is 4. The molecule has 0 bridgehead atoms. The van der Waals surface area contributed by atoms with E-state index in [4.69, 9.17) is 4.74 Å². The van der Waals surface area contributed by atoms with Gasteiger partial charge in [-0.1, -0.05) is 30.3 Å². The summed E-state index contributed by atoms with van der Waals surface area (Å²) in [6, 6.07) is 16.7. The maximum absolute atomic E-state index is 11.9. The van der Waals surface area contributed by atoms with E-state index in [1.54, 1.807) is 31.3 Å². The molecule has 0 unspecified atom stereocenters. The van der Waals surface area contributed by atoms with Crippen molar-refractivity contribution in [1.29, 1.82) is 0 Å². The van der Waals surface area contributed by atoms with Crippen molar-refractivity contribution in [2.24, 2.45) is 0 Å². The van der Waals surface area contributed by atoms with Crippen molar-refractivity contribution < 1.29 is 19.1 Å². The van der Waals surface area contributed by atoms with Crippen LogP contribution < -0.4 is 10.6 Å². The van der Waals surface area contributed by atoms with Gasteiger partial charge in [-0.2, -0.15) is 0 Å². The smallest absolute Gasteiger partial charge is 0.305 e. The summed E-state index contributed by atoms with van der Waals surface area (Å²) in [5.74, 6) is -0.638. The molecule has 28 heavy (non-hydrogen) atoms. The van der Waals surface area contributed by atoms with Gasteiger partial charge in [0.05, 0.1) is 6.61 Å². The van der Waals surface area contributed by atoms with E-state index in [1.165, 1.54) is 5.56 Å². The normalized spacial score (nSPS) is 10.2. The van der Waals surface area contributed by atoms with Gasteiger partial charge in [-0.15, -0.1) is 0 Å². The quantitative estimate of drug-likeness (QED) is 0.488. The summed E-state index contributed by atoms with van der Waals surface area (Å²) in [6.45, 7) is 0.387. The number of anilines is 1. The standard InChI is InChI=1S/C22H26N2O4/c1-23-22(27)18-12-14-19(15-13-18)24-20(25)10-5-11-21(26)28-16-6-9-17-7-3-2-4-8-17/h2-4,7-8,12-15H,5-6,9-11,16H2,1H3,(H,23,27)(H,24,25). The molecule has 2 aromatic carbocycles. The number of ether oxygens (including phenoxy) is 1. The molecule has 0 atom stereocenters. The van der Waals surface area contributed by atoms with Crippen molar-refractivity contribution in [3.63, 3.8) is 0 Å². The molecule has 0 aliphatic rings. The largest absolute Gasteiger partial charge is 0.466 e. The van der Waals surface area contributed by atoms with Crippen molar-refractivity contribution in [3.8, 4) is 0 Å². The van der Waals surface area contributed by atoms with Crippen LogP contribution in [0.1, 0.15) is 41.6 Å². The van der Waals surface area contributed by atoms with Crippen molar-refractivity contribution >= 4 is 23.5 Å². The molecule has 2 rings (SSSR count). The van der Waals surface area contributed by atoms with Gasteiger partial charge in [0.25, 0.3) is 5.91 Å². The van der Waals surface area contributed by atoms with Crippen molar-refractivity contribution in [2.75, 3.05) is 19.0 Å². The van der Waals surface area contributed by atoms with Crippen LogP contribution in [-0.2, 0) is 20.7 Å². The summed E-state index contributed by atoms with van der Waals surface area (Å²) in [5.41, 5.74) is 2.36. The molecule has 0 aromatic heterocycles. The van der Waals surface area contributed by atoms with E-state index in [1.807, 2.05) is 30.3 Å². The summed E-state index contributed by atoms with van der Waals surface area (Å²) in [6.07, 6.45) is 2.53. The number of carbonyl (C=O) groups excluding carboxylic acids is 3. The monoisotopic (exact) mass is 382 g/mol. The number of esters is 1. The first kappa shape index (κ1) is 21.2. The Bertz CT molecular complexity index is 773. The number of aryl methyl sites for hydroxylation is 1. The lowest BCUT2D eigenvalue weighted by molar-refractivity contribution is -0.143. The zero-order valence-electron chi connectivity index (χ0n) is 16.1. The highest BCUT2D eigenvalue weighted by molar-refractivity contribution is 5.95. The Labute approximate surface area is 165 Å².